The Hall–Kier alpha value is -0.780. The van der Waals surface area contributed by atoms with Gasteiger partial charge in [0.2, 0.25) is 0 Å². The molecule has 0 atom stereocenters. The van der Waals surface area contributed by atoms with Gasteiger partial charge in [-0.2, -0.15) is 0 Å². The molecule has 0 nitrogen and oxygen atoms in total. The molecule has 0 radical (unpaired) electrons. The molecular weight excluding hydrogens is 168 g/mol. The van der Waals surface area contributed by atoms with E-state index in [-0.39, 0.29) is 0 Å². The first-order valence-corrected chi connectivity index (χ1v) is 5.83. The Morgan fingerprint density at radius 3 is 1.57 bits per heavy atom. The van der Waals surface area contributed by atoms with Crippen LogP contribution in [0.1, 0.15) is 52.9 Å². The monoisotopic (exact) mass is 192 g/mol. The van der Waals surface area contributed by atoms with Crippen molar-refractivity contribution in [3.8, 4) is 0 Å². The van der Waals surface area contributed by atoms with E-state index in [2.05, 4.69) is 51.2 Å². The van der Waals surface area contributed by atoms with Crippen LogP contribution in [0.25, 0.3) is 0 Å². The summed E-state index contributed by atoms with van der Waals surface area (Å²) in [6, 6.07) is 0. The highest BCUT2D eigenvalue weighted by molar-refractivity contribution is 5.11. The van der Waals surface area contributed by atoms with Crippen LogP contribution in [0.4, 0.5) is 0 Å². The van der Waals surface area contributed by atoms with Crippen molar-refractivity contribution in [2.24, 2.45) is 0 Å². The van der Waals surface area contributed by atoms with E-state index in [9.17, 15) is 0 Å². The molecule has 0 heteroatoms. The third kappa shape index (κ3) is 7.85. The van der Waals surface area contributed by atoms with E-state index in [0.29, 0.717) is 0 Å². The first-order valence-electron chi connectivity index (χ1n) is 5.83. The van der Waals surface area contributed by atoms with Crippen LogP contribution in [0, 0.1) is 0 Å². The van der Waals surface area contributed by atoms with Crippen molar-refractivity contribution >= 4 is 0 Å². The largest absolute Gasteiger partial charge is 0.0885 e. The van der Waals surface area contributed by atoms with E-state index in [4.69, 9.17) is 0 Å². The SMILES string of the molecule is CCC=CCC(=CCC)CC=CCC. The predicted molar refractivity (Wildman–Crippen MR) is 66.5 cm³/mol. The minimum atomic E-state index is 1.12. The van der Waals surface area contributed by atoms with Crippen molar-refractivity contribution in [3.05, 3.63) is 36.0 Å². The average Bonchev–Trinajstić information content (AvgIpc) is 2.18. The highest BCUT2D eigenvalue weighted by Crippen LogP contribution is 2.10. The quantitative estimate of drug-likeness (QED) is 0.496. The van der Waals surface area contributed by atoms with Gasteiger partial charge in [0.15, 0.2) is 0 Å². The normalized spacial score (nSPS) is 11.4. The third-order valence-electron chi connectivity index (χ3n) is 2.06. The number of hydrogen-bond acceptors (Lipinski definition) is 0. The molecule has 0 bridgehead atoms. The molecule has 0 fully saturated rings. The van der Waals surface area contributed by atoms with Crippen LogP contribution in [0.2, 0.25) is 0 Å². The van der Waals surface area contributed by atoms with Crippen molar-refractivity contribution in [1.29, 1.82) is 0 Å². The fourth-order valence-corrected chi connectivity index (χ4v) is 1.34. The Kier molecular flexibility index (Phi) is 9.73. The average molecular weight is 192 g/mol. The van der Waals surface area contributed by atoms with Gasteiger partial charge in [0, 0.05) is 0 Å². The predicted octanol–water partition coefficient (Wildman–Crippen LogP) is 5.04. The fourth-order valence-electron chi connectivity index (χ4n) is 1.34. The van der Waals surface area contributed by atoms with Crippen molar-refractivity contribution in [2.45, 2.75) is 52.9 Å². The molecule has 0 spiro atoms. The molecule has 0 aromatic rings. The smallest absolute Gasteiger partial charge is 0.0136 e. The number of rotatable bonds is 7. The first kappa shape index (κ1) is 13.2. The van der Waals surface area contributed by atoms with Gasteiger partial charge in [-0.25, -0.2) is 0 Å². The van der Waals surface area contributed by atoms with Crippen molar-refractivity contribution < 1.29 is 0 Å². The lowest BCUT2D eigenvalue weighted by atomic mass is 10.1. The molecule has 0 heterocycles. The van der Waals surface area contributed by atoms with E-state index < -0.39 is 0 Å². The van der Waals surface area contributed by atoms with E-state index in [1.165, 1.54) is 0 Å². The van der Waals surface area contributed by atoms with Crippen LogP contribution in [0.3, 0.4) is 0 Å². The lowest BCUT2D eigenvalue weighted by molar-refractivity contribution is 1.04. The van der Waals surface area contributed by atoms with E-state index in [1.807, 2.05) is 0 Å². The van der Waals surface area contributed by atoms with Crippen molar-refractivity contribution in [1.82, 2.24) is 0 Å². The molecule has 0 saturated carbocycles. The summed E-state index contributed by atoms with van der Waals surface area (Å²) in [5.41, 5.74) is 1.54. The summed E-state index contributed by atoms with van der Waals surface area (Å²) in [5.74, 6) is 0. The molecule has 0 N–H and O–H groups in total. The molecule has 0 unspecified atom stereocenters. The molecule has 80 valence electrons. The van der Waals surface area contributed by atoms with Crippen LogP contribution in [0.5, 0.6) is 0 Å². The molecule has 14 heavy (non-hydrogen) atoms. The molecule has 0 amide bonds. The topological polar surface area (TPSA) is 0 Å². The van der Waals surface area contributed by atoms with Crippen LogP contribution in [-0.2, 0) is 0 Å². The summed E-state index contributed by atoms with van der Waals surface area (Å²) in [6.45, 7) is 6.56. The zero-order valence-electron chi connectivity index (χ0n) is 9.92. The Morgan fingerprint density at radius 1 is 0.714 bits per heavy atom. The zero-order valence-corrected chi connectivity index (χ0v) is 9.92. The number of hydrogen-bond donors (Lipinski definition) is 0. The Labute approximate surface area is 89.4 Å². The van der Waals surface area contributed by atoms with Crippen LogP contribution in [0.15, 0.2) is 36.0 Å². The maximum atomic E-state index is 2.35. The second kappa shape index (κ2) is 10.3. The minimum absolute atomic E-state index is 1.12. The van der Waals surface area contributed by atoms with Gasteiger partial charge in [0.05, 0.1) is 0 Å². The van der Waals surface area contributed by atoms with Gasteiger partial charge < -0.3 is 0 Å². The molecule has 0 aromatic carbocycles. The first-order chi connectivity index (χ1) is 6.85. The maximum absolute atomic E-state index is 2.35. The molecule has 0 aliphatic heterocycles. The van der Waals surface area contributed by atoms with Crippen molar-refractivity contribution in [3.63, 3.8) is 0 Å². The second-order valence-corrected chi connectivity index (χ2v) is 3.44. The summed E-state index contributed by atoms with van der Waals surface area (Å²) in [6.07, 6.45) is 17.1. The van der Waals surface area contributed by atoms with Gasteiger partial charge in [-0.15, -0.1) is 0 Å². The molecule has 0 aliphatic rings. The van der Waals surface area contributed by atoms with Gasteiger partial charge in [-0.05, 0) is 32.1 Å². The van der Waals surface area contributed by atoms with Gasteiger partial charge in [-0.3, -0.25) is 0 Å². The van der Waals surface area contributed by atoms with Crippen LogP contribution in [-0.4, -0.2) is 0 Å². The van der Waals surface area contributed by atoms with Crippen LogP contribution < -0.4 is 0 Å². The van der Waals surface area contributed by atoms with Gasteiger partial charge in [0.25, 0.3) is 0 Å². The standard InChI is InChI=1S/C14H24/c1-4-7-9-12-14(11-6-3)13-10-8-5-2/h7-11H,4-6,12-13H2,1-3H3. The summed E-state index contributed by atoms with van der Waals surface area (Å²) in [7, 11) is 0. The second-order valence-electron chi connectivity index (χ2n) is 3.44. The molecular formula is C14H24. The van der Waals surface area contributed by atoms with E-state index in [0.717, 1.165) is 32.1 Å². The van der Waals surface area contributed by atoms with Gasteiger partial charge in [0.1, 0.15) is 0 Å². The lowest BCUT2D eigenvalue weighted by Gasteiger charge is -2.00. The fraction of sp³-hybridized carbons (Fsp3) is 0.571. The molecule has 0 saturated heterocycles. The summed E-state index contributed by atoms with van der Waals surface area (Å²) >= 11 is 0. The Morgan fingerprint density at radius 2 is 1.21 bits per heavy atom. The molecule has 0 rings (SSSR count). The van der Waals surface area contributed by atoms with Gasteiger partial charge >= 0.3 is 0 Å². The van der Waals surface area contributed by atoms with E-state index in [1.54, 1.807) is 5.57 Å². The molecule has 0 aromatic heterocycles. The zero-order chi connectivity index (χ0) is 10.6. The Bertz CT molecular complexity index is 176. The number of allylic oxidation sites excluding steroid dienone is 6. The highest BCUT2D eigenvalue weighted by Gasteiger charge is 1.90. The molecule has 0 aliphatic carbocycles. The lowest BCUT2D eigenvalue weighted by Crippen LogP contribution is -1.79. The summed E-state index contributed by atoms with van der Waals surface area (Å²) < 4.78 is 0. The van der Waals surface area contributed by atoms with Gasteiger partial charge in [-0.1, -0.05) is 56.7 Å². The summed E-state index contributed by atoms with van der Waals surface area (Å²) in [4.78, 5) is 0. The third-order valence-corrected chi connectivity index (χ3v) is 2.06. The minimum Gasteiger partial charge on any atom is -0.0885 e. The van der Waals surface area contributed by atoms with Crippen molar-refractivity contribution in [2.75, 3.05) is 0 Å². The van der Waals surface area contributed by atoms with Crippen LogP contribution >= 0.6 is 0 Å². The summed E-state index contributed by atoms with van der Waals surface area (Å²) in [5, 5.41) is 0. The van der Waals surface area contributed by atoms with E-state index >= 15 is 0 Å². The maximum Gasteiger partial charge on any atom is -0.0136 e. The Balaban J connectivity index is 3.96. The highest BCUT2D eigenvalue weighted by atomic mass is 14.0.